The number of fused-ring (bicyclic) bond motifs is 1. The van der Waals surface area contributed by atoms with Crippen molar-refractivity contribution in [3.8, 4) is 0 Å². The van der Waals surface area contributed by atoms with Crippen molar-refractivity contribution in [2.75, 3.05) is 6.61 Å². The molecule has 16 heavy (non-hydrogen) atoms. The molecule has 0 unspecified atom stereocenters. The highest BCUT2D eigenvalue weighted by Gasteiger charge is 1.96. The van der Waals surface area contributed by atoms with Crippen LogP contribution in [-0.2, 0) is 6.42 Å². The summed E-state index contributed by atoms with van der Waals surface area (Å²) in [5.41, 5.74) is 1.34. The summed E-state index contributed by atoms with van der Waals surface area (Å²) in [5.74, 6) is 0. The van der Waals surface area contributed by atoms with Gasteiger partial charge in [0, 0.05) is 6.61 Å². The molecule has 1 radical (unpaired) electrons. The van der Waals surface area contributed by atoms with Gasteiger partial charge in [-0.15, -0.1) is 0 Å². The lowest BCUT2D eigenvalue weighted by atomic mass is 10.0. The average molecular weight is 213 g/mol. The number of aliphatic hydroxyl groups is 1. The zero-order chi connectivity index (χ0) is 11.2. The van der Waals surface area contributed by atoms with Crippen molar-refractivity contribution >= 4 is 10.8 Å². The Balaban J connectivity index is 2.02. The van der Waals surface area contributed by atoms with E-state index in [0.717, 1.165) is 19.3 Å². The molecule has 0 saturated heterocycles. The molecule has 0 bridgehead atoms. The van der Waals surface area contributed by atoms with Gasteiger partial charge in [0.15, 0.2) is 0 Å². The van der Waals surface area contributed by atoms with Gasteiger partial charge >= 0.3 is 0 Å². The molecule has 0 amide bonds. The fourth-order valence-corrected chi connectivity index (χ4v) is 1.87. The van der Waals surface area contributed by atoms with E-state index in [1.54, 1.807) is 0 Å². The third kappa shape index (κ3) is 2.83. The first-order chi connectivity index (χ1) is 7.90. The molecule has 0 heterocycles. The number of hydrogen-bond acceptors (Lipinski definition) is 1. The highest BCUT2D eigenvalue weighted by Crippen LogP contribution is 2.16. The maximum absolute atomic E-state index is 8.68. The van der Waals surface area contributed by atoms with Crippen molar-refractivity contribution in [3.63, 3.8) is 0 Å². The summed E-state index contributed by atoms with van der Waals surface area (Å²) in [6.07, 6.45) is 5.09. The summed E-state index contributed by atoms with van der Waals surface area (Å²) in [6, 6.07) is 15.0. The summed E-state index contributed by atoms with van der Waals surface area (Å²) >= 11 is 0. The van der Waals surface area contributed by atoms with Crippen LogP contribution in [0.1, 0.15) is 18.4 Å². The van der Waals surface area contributed by atoms with E-state index in [0.29, 0.717) is 0 Å². The lowest BCUT2D eigenvalue weighted by Crippen LogP contribution is -1.89. The first kappa shape index (κ1) is 11.2. The minimum atomic E-state index is 0.286. The van der Waals surface area contributed by atoms with Crippen LogP contribution in [-0.4, -0.2) is 11.7 Å². The summed E-state index contributed by atoms with van der Waals surface area (Å²) < 4.78 is 0. The highest BCUT2D eigenvalue weighted by atomic mass is 16.2. The molecule has 0 aliphatic carbocycles. The van der Waals surface area contributed by atoms with Crippen molar-refractivity contribution in [2.45, 2.75) is 19.3 Å². The predicted molar refractivity (Wildman–Crippen MR) is 68.3 cm³/mol. The van der Waals surface area contributed by atoms with E-state index in [-0.39, 0.29) is 6.61 Å². The molecule has 0 spiro atoms. The van der Waals surface area contributed by atoms with E-state index in [2.05, 4.69) is 48.9 Å². The monoisotopic (exact) mass is 213 g/mol. The van der Waals surface area contributed by atoms with Crippen molar-refractivity contribution < 1.29 is 5.11 Å². The third-order valence-electron chi connectivity index (χ3n) is 2.76. The number of hydrogen-bond donors (Lipinski definition) is 1. The molecule has 2 aromatic carbocycles. The molecule has 83 valence electrons. The topological polar surface area (TPSA) is 20.2 Å². The van der Waals surface area contributed by atoms with Gasteiger partial charge in [0.1, 0.15) is 0 Å². The van der Waals surface area contributed by atoms with Crippen molar-refractivity contribution in [1.82, 2.24) is 0 Å². The van der Waals surface area contributed by atoms with Gasteiger partial charge in [0.2, 0.25) is 0 Å². The molecule has 0 aliphatic heterocycles. The second kappa shape index (κ2) is 5.66. The standard InChI is InChI=1S/C15H17O/c16-11-5-1-2-6-13-9-10-14-7-3-4-8-15(14)12-13/h2-4,7-10,12,16H,1,5-6,11H2. The largest absolute Gasteiger partial charge is 0.396 e. The second-order valence-electron chi connectivity index (χ2n) is 4.04. The molecule has 2 rings (SSSR count). The SMILES string of the molecule is OCCC[CH]Cc1ccc2ccccc2c1. The number of unbranched alkanes of at least 4 members (excludes halogenated alkanes) is 2. The maximum Gasteiger partial charge on any atom is 0.0431 e. The van der Waals surface area contributed by atoms with Gasteiger partial charge in [-0.2, -0.15) is 0 Å². The Hall–Kier alpha value is -1.34. The Kier molecular flexibility index (Phi) is 3.95. The van der Waals surface area contributed by atoms with Crippen LogP contribution < -0.4 is 0 Å². The zero-order valence-electron chi connectivity index (χ0n) is 9.39. The third-order valence-corrected chi connectivity index (χ3v) is 2.76. The fourth-order valence-electron chi connectivity index (χ4n) is 1.87. The van der Waals surface area contributed by atoms with Gasteiger partial charge in [-0.25, -0.2) is 0 Å². The van der Waals surface area contributed by atoms with Gasteiger partial charge in [0.05, 0.1) is 0 Å². The van der Waals surface area contributed by atoms with E-state index in [9.17, 15) is 0 Å². The number of aliphatic hydroxyl groups excluding tert-OH is 1. The van der Waals surface area contributed by atoms with E-state index < -0.39 is 0 Å². The number of rotatable bonds is 5. The minimum Gasteiger partial charge on any atom is -0.396 e. The highest BCUT2D eigenvalue weighted by molar-refractivity contribution is 5.82. The first-order valence-electron chi connectivity index (χ1n) is 5.80. The van der Waals surface area contributed by atoms with Crippen LogP contribution in [0.2, 0.25) is 0 Å². The van der Waals surface area contributed by atoms with Crippen LogP contribution in [0, 0.1) is 6.42 Å². The first-order valence-corrected chi connectivity index (χ1v) is 5.80. The second-order valence-corrected chi connectivity index (χ2v) is 4.04. The van der Waals surface area contributed by atoms with Crippen molar-refractivity contribution in [3.05, 3.63) is 54.4 Å². The van der Waals surface area contributed by atoms with E-state index >= 15 is 0 Å². The molecular weight excluding hydrogens is 196 g/mol. The van der Waals surface area contributed by atoms with Crippen molar-refractivity contribution in [1.29, 1.82) is 0 Å². The van der Waals surface area contributed by atoms with Gasteiger partial charge in [-0.05, 0) is 42.0 Å². The normalized spacial score (nSPS) is 10.8. The molecule has 0 aromatic heterocycles. The van der Waals surface area contributed by atoms with Gasteiger partial charge < -0.3 is 5.11 Å². The van der Waals surface area contributed by atoms with Gasteiger partial charge in [-0.3, -0.25) is 0 Å². The van der Waals surface area contributed by atoms with Gasteiger partial charge in [0.25, 0.3) is 0 Å². The van der Waals surface area contributed by atoms with Crippen LogP contribution in [0.4, 0.5) is 0 Å². The Morgan fingerprint density at radius 3 is 2.62 bits per heavy atom. The Morgan fingerprint density at radius 2 is 1.81 bits per heavy atom. The quantitative estimate of drug-likeness (QED) is 0.755. The summed E-state index contributed by atoms with van der Waals surface area (Å²) in [7, 11) is 0. The van der Waals surface area contributed by atoms with Crippen LogP contribution in [0.5, 0.6) is 0 Å². The Morgan fingerprint density at radius 1 is 1.00 bits per heavy atom. The van der Waals surface area contributed by atoms with Crippen LogP contribution in [0.15, 0.2) is 42.5 Å². The lowest BCUT2D eigenvalue weighted by molar-refractivity contribution is 0.288. The Labute approximate surface area is 96.7 Å². The van der Waals surface area contributed by atoms with Crippen LogP contribution >= 0.6 is 0 Å². The summed E-state index contributed by atoms with van der Waals surface area (Å²) in [6.45, 7) is 0.286. The zero-order valence-corrected chi connectivity index (χ0v) is 9.39. The molecule has 1 nitrogen and oxygen atoms in total. The van der Waals surface area contributed by atoms with E-state index in [1.165, 1.54) is 16.3 Å². The fraction of sp³-hybridized carbons (Fsp3) is 0.267. The molecule has 0 atom stereocenters. The Bertz CT molecular complexity index is 448. The molecule has 2 aromatic rings. The molecule has 0 saturated carbocycles. The van der Waals surface area contributed by atoms with E-state index in [1.807, 2.05) is 0 Å². The van der Waals surface area contributed by atoms with Crippen LogP contribution in [0.25, 0.3) is 10.8 Å². The molecule has 0 aliphatic rings. The molecule has 1 heteroatoms. The molecule has 0 fully saturated rings. The molecule has 1 N–H and O–H groups in total. The summed E-state index contributed by atoms with van der Waals surface area (Å²) in [5, 5.41) is 11.3. The molecular formula is C15H17O. The smallest absolute Gasteiger partial charge is 0.0431 e. The lowest BCUT2D eigenvalue weighted by Gasteiger charge is -2.03. The maximum atomic E-state index is 8.68. The average Bonchev–Trinajstić information content (AvgIpc) is 2.34. The van der Waals surface area contributed by atoms with Crippen molar-refractivity contribution in [2.24, 2.45) is 0 Å². The number of benzene rings is 2. The van der Waals surface area contributed by atoms with Gasteiger partial charge in [-0.1, -0.05) is 42.5 Å². The minimum absolute atomic E-state index is 0.286. The predicted octanol–water partition coefficient (Wildman–Crippen LogP) is 3.36. The summed E-state index contributed by atoms with van der Waals surface area (Å²) in [4.78, 5) is 0. The van der Waals surface area contributed by atoms with Crippen LogP contribution in [0.3, 0.4) is 0 Å². The van der Waals surface area contributed by atoms with E-state index in [4.69, 9.17) is 5.11 Å².